The highest BCUT2D eigenvalue weighted by molar-refractivity contribution is 8.18. The van der Waals surface area contributed by atoms with Gasteiger partial charge in [0.25, 0.3) is 5.91 Å². The fourth-order valence-corrected chi connectivity index (χ4v) is 3.61. The number of likely N-dealkylation sites (N-methyl/N-ethyl adjacent to an activating group) is 1. The fourth-order valence-electron chi connectivity index (χ4n) is 2.56. The summed E-state index contributed by atoms with van der Waals surface area (Å²) < 4.78 is 19.3. The van der Waals surface area contributed by atoms with E-state index >= 15 is 0 Å². The Morgan fingerprint density at radius 1 is 1.26 bits per heavy atom. The third-order valence-electron chi connectivity index (χ3n) is 3.85. The van der Waals surface area contributed by atoms with Crippen molar-refractivity contribution >= 4 is 34.6 Å². The average Bonchev–Trinajstić information content (AvgIpc) is 2.94. The van der Waals surface area contributed by atoms with Crippen LogP contribution in [0.25, 0.3) is 6.08 Å². The molecule has 1 fully saturated rings. The Hall–Kier alpha value is -2.80. The number of aliphatic imine (C=N–C) groups is 1. The number of phenols is 1. The number of halogens is 1. The van der Waals surface area contributed by atoms with Crippen molar-refractivity contribution in [3.8, 4) is 11.5 Å². The number of amides is 1. The zero-order valence-corrected chi connectivity index (χ0v) is 15.8. The van der Waals surface area contributed by atoms with Crippen LogP contribution in [0.4, 0.5) is 10.1 Å². The molecule has 7 heteroatoms. The molecule has 0 unspecified atom stereocenters. The summed E-state index contributed by atoms with van der Waals surface area (Å²) in [5, 5.41) is 10.2. The molecular weight excluding hydrogens is 367 g/mol. The average molecular weight is 386 g/mol. The molecule has 0 aliphatic carbocycles. The second-order valence-electron chi connectivity index (χ2n) is 5.67. The van der Waals surface area contributed by atoms with E-state index in [1.165, 1.54) is 28.8 Å². The third-order valence-corrected chi connectivity index (χ3v) is 4.86. The highest BCUT2D eigenvalue weighted by Gasteiger charge is 2.32. The lowest BCUT2D eigenvalue weighted by Gasteiger charge is -2.12. The van der Waals surface area contributed by atoms with E-state index in [1.807, 2.05) is 13.8 Å². The van der Waals surface area contributed by atoms with Crippen molar-refractivity contribution in [2.75, 3.05) is 13.2 Å². The normalized spacial score (nSPS) is 17.1. The predicted molar refractivity (Wildman–Crippen MR) is 106 cm³/mol. The van der Waals surface area contributed by atoms with Gasteiger partial charge in [-0.3, -0.25) is 9.69 Å². The smallest absolute Gasteiger partial charge is 0.266 e. The van der Waals surface area contributed by atoms with Gasteiger partial charge in [0, 0.05) is 6.54 Å². The van der Waals surface area contributed by atoms with E-state index in [0.29, 0.717) is 29.0 Å². The zero-order chi connectivity index (χ0) is 19.4. The molecule has 140 valence electrons. The first-order valence-corrected chi connectivity index (χ1v) is 9.35. The Labute approximate surface area is 161 Å². The van der Waals surface area contributed by atoms with Crippen LogP contribution in [-0.4, -0.2) is 34.2 Å². The van der Waals surface area contributed by atoms with E-state index in [1.54, 1.807) is 36.4 Å². The van der Waals surface area contributed by atoms with Gasteiger partial charge in [-0.2, -0.15) is 0 Å². The standard InChI is InChI=1S/C20H19FN2O3S/c1-3-23-19(25)18(12-13-9-10-16(24)17(11-13)26-4-2)27-20(23)22-15-8-6-5-7-14(15)21/h5-12,24H,3-4H2,1-2H3/b18-12+,22-20?. The Kier molecular flexibility index (Phi) is 5.81. The summed E-state index contributed by atoms with van der Waals surface area (Å²) in [6.45, 7) is 4.51. The van der Waals surface area contributed by atoms with E-state index in [0.717, 1.165) is 5.56 Å². The summed E-state index contributed by atoms with van der Waals surface area (Å²) >= 11 is 1.19. The second-order valence-corrected chi connectivity index (χ2v) is 6.68. The van der Waals surface area contributed by atoms with Crippen molar-refractivity contribution in [3.05, 3.63) is 58.8 Å². The monoisotopic (exact) mass is 386 g/mol. The molecule has 1 aliphatic heterocycles. The SMILES string of the molecule is CCOc1cc(/C=C2/SC(=Nc3ccccc3F)N(CC)C2=O)ccc1O. The minimum absolute atomic E-state index is 0.0430. The summed E-state index contributed by atoms with van der Waals surface area (Å²) in [6.07, 6.45) is 1.71. The molecule has 1 saturated heterocycles. The number of hydrogen-bond donors (Lipinski definition) is 1. The summed E-state index contributed by atoms with van der Waals surface area (Å²) in [7, 11) is 0. The number of nitrogens with zero attached hydrogens (tertiary/aromatic N) is 2. The van der Waals surface area contributed by atoms with Crippen LogP contribution in [0.2, 0.25) is 0 Å². The first-order valence-electron chi connectivity index (χ1n) is 8.54. The summed E-state index contributed by atoms with van der Waals surface area (Å²) in [5.74, 6) is -0.230. The lowest BCUT2D eigenvalue weighted by molar-refractivity contribution is -0.122. The van der Waals surface area contributed by atoms with E-state index in [2.05, 4.69) is 4.99 Å². The van der Waals surface area contributed by atoms with Crippen molar-refractivity contribution in [2.24, 2.45) is 4.99 Å². The van der Waals surface area contributed by atoms with Crippen LogP contribution in [0.3, 0.4) is 0 Å². The number of hydrogen-bond acceptors (Lipinski definition) is 5. The van der Waals surface area contributed by atoms with E-state index in [-0.39, 0.29) is 17.3 Å². The number of carbonyl (C=O) groups excluding carboxylic acids is 1. The number of benzene rings is 2. The number of phenolic OH excluding ortho intramolecular Hbond substituents is 1. The predicted octanol–water partition coefficient (Wildman–Crippen LogP) is 4.55. The van der Waals surface area contributed by atoms with Crippen LogP contribution in [0.15, 0.2) is 52.4 Å². The molecular formula is C20H19FN2O3S. The Morgan fingerprint density at radius 2 is 2.04 bits per heavy atom. The lowest BCUT2D eigenvalue weighted by atomic mass is 10.2. The maximum atomic E-state index is 13.9. The molecule has 0 bridgehead atoms. The topological polar surface area (TPSA) is 62.1 Å². The molecule has 0 spiro atoms. The van der Waals surface area contributed by atoms with Gasteiger partial charge >= 0.3 is 0 Å². The number of carbonyl (C=O) groups is 1. The van der Waals surface area contributed by atoms with Crippen LogP contribution in [0, 0.1) is 5.82 Å². The largest absolute Gasteiger partial charge is 0.504 e. The van der Waals surface area contributed by atoms with Crippen LogP contribution in [0.5, 0.6) is 11.5 Å². The van der Waals surface area contributed by atoms with Gasteiger partial charge in [0.05, 0.1) is 11.5 Å². The number of aromatic hydroxyl groups is 1. The highest BCUT2D eigenvalue weighted by Crippen LogP contribution is 2.35. The molecule has 2 aromatic rings. The van der Waals surface area contributed by atoms with Crippen LogP contribution < -0.4 is 4.74 Å². The molecule has 0 radical (unpaired) electrons. The van der Waals surface area contributed by atoms with Gasteiger partial charge in [-0.25, -0.2) is 9.38 Å². The maximum Gasteiger partial charge on any atom is 0.266 e. The fraction of sp³-hybridized carbons (Fsp3) is 0.200. The van der Waals surface area contributed by atoms with E-state index in [9.17, 15) is 14.3 Å². The van der Waals surface area contributed by atoms with Gasteiger partial charge in [-0.15, -0.1) is 0 Å². The first kappa shape index (κ1) is 19.0. The van der Waals surface area contributed by atoms with Gasteiger partial charge in [0.15, 0.2) is 16.7 Å². The zero-order valence-electron chi connectivity index (χ0n) is 15.0. The number of rotatable bonds is 5. The number of thioether (sulfide) groups is 1. The minimum Gasteiger partial charge on any atom is -0.504 e. The van der Waals surface area contributed by atoms with Crippen LogP contribution >= 0.6 is 11.8 Å². The number of para-hydroxylation sites is 1. The third kappa shape index (κ3) is 4.14. The Morgan fingerprint density at radius 3 is 2.74 bits per heavy atom. The van der Waals surface area contributed by atoms with Crippen molar-refractivity contribution in [3.63, 3.8) is 0 Å². The van der Waals surface area contributed by atoms with Gasteiger partial charge in [-0.05, 0) is 61.5 Å². The molecule has 1 heterocycles. The summed E-state index contributed by atoms with van der Waals surface area (Å²) in [6, 6.07) is 11.1. The minimum atomic E-state index is -0.438. The van der Waals surface area contributed by atoms with Crippen molar-refractivity contribution in [1.29, 1.82) is 0 Å². The molecule has 27 heavy (non-hydrogen) atoms. The molecule has 0 atom stereocenters. The molecule has 1 amide bonds. The van der Waals surface area contributed by atoms with Crippen molar-refractivity contribution in [2.45, 2.75) is 13.8 Å². The Bertz CT molecular complexity index is 927. The van der Waals surface area contributed by atoms with Gasteiger partial charge < -0.3 is 9.84 Å². The van der Waals surface area contributed by atoms with Crippen molar-refractivity contribution in [1.82, 2.24) is 4.90 Å². The van der Waals surface area contributed by atoms with Gasteiger partial charge in [0.2, 0.25) is 0 Å². The highest BCUT2D eigenvalue weighted by atomic mass is 32.2. The molecule has 0 saturated carbocycles. The molecule has 0 aromatic heterocycles. The van der Waals surface area contributed by atoms with Gasteiger partial charge in [-0.1, -0.05) is 18.2 Å². The summed E-state index contributed by atoms with van der Waals surface area (Å²) in [4.78, 5) is 19.0. The van der Waals surface area contributed by atoms with E-state index in [4.69, 9.17) is 4.74 Å². The first-order chi connectivity index (χ1) is 13.0. The quantitative estimate of drug-likeness (QED) is 0.766. The summed E-state index contributed by atoms with van der Waals surface area (Å²) in [5.41, 5.74) is 0.908. The van der Waals surface area contributed by atoms with Crippen molar-refractivity contribution < 1.29 is 19.0 Å². The molecule has 3 rings (SSSR count). The van der Waals surface area contributed by atoms with Gasteiger partial charge in [0.1, 0.15) is 11.5 Å². The number of amidine groups is 1. The molecule has 5 nitrogen and oxygen atoms in total. The molecule has 1 aliphatic rings. The van der Waals surface area contributed by atoms with Crippen LogP contribution in [0.1, 0.15) is 19.4 Å². The molecule has 1 N–H and O–H groups in total. The molecule has 2 aromatic carbocycles. The second kappa shape index (κ2) is 8.26. The van der Waals surface area contributed by atoms with E-state index < -0.39 is 5.82 Å². The maximum absolute atomic E-state index is 13.9. The Balaban J connectivity index is 1.94. The van der Waals surface area contributed by atoms with Crippen LogP contribution in [-0.2, 0) is 4.79 Å². The lowest BCUT2D eigenvalue weighted by Crippen LogP contribution is -2.28. The number of ether oxygens (including phenoxy) is 1.